The second-order valence-corrected chi connectivity index (χ2v) is 5.90. The van der Waals surface area contributed by atoms with Crippen LogP contribution in [0, 0.1) is 0 Å². The maximum absolute atomic E-state index is 12.0. The third-order valence-corrected chi connectivity index (χ3v) is 3.30. The summed E-state index contributed by atoms with van der Waals surface area (Å²) in [4.78, 5) is 14.1. The number of amides is 1. The Bertz CT molecular complexity index is 444. The number of nitrogens with zero attached hydrogens (tertiary/aromatic N) is 1. The van der Waals surface area contributed by atoms with E-state index < -0.39 is 6.10 Å². The first-order valence-electron chi connectivity index (χ1n) is 7.59. The molecule has 0 aliphatic heterocycles. The van der Waals surface area contributed by atoms with Crippen LogP contribution >= 0.6 is 0 Å². The Labute approximate surface area is 128 Å². The third-order valence-electron chi connectivity index (χ3n) is 3.30. The van der Waals surface area contributed by atoms with Gasteiger partial charge in [-0.15, -0.1) is 0 Å². The van der Waals surface area contributed by atoms with Crippen molar-refractivity contribution < 1.29 is 9.53 Å². The maximum atomic E-state index is 12.0. The van der Waals surface area contributed by atoms with Crippen LogP contribution in [0.4, 0.5) is 0 Å². The van der Waals surface area contributed by atoms with Gasteiger partial charge in [-0.05, 0) is 51.5 Å². The molecule has 0 aliphatic rings. The number of hydrogen-bond donors (Lipinski definition) is 1. The summed E-state index contributed by atoms with van der Waals surface area (Å²) in [5.41, 5.74) is 1.13. The lowest BCUT2D eigenvalue weighted by molar-refractivity contribution is -0.127. The van der Waals surface area contributed by atoms with Crippen molar-refractivity contribution in [3.8, 4) is 5.75 Å². The van der Waals surface area contributed by atoms with Crippen LogP contribution in [0.25, 0.3) is 0 Å². The Kier molecular flexibility index (Phi) is 7.23. The van der Waals surface area contributed by atoms with Gasteiger partial charge in [-0.2, -0.15) is 0 Å². The van der Waals surface area contributed by atoms with E-state index in [9.17, 15) is 4.79 Å². The fourth-order valence-electron chi connectivity index (χ4n) is 2.06. The highest BCUT2D eigenvalue weighted by molar-refractivity contribution is 5.80. The topological polar surface area (TPSA) is 41.6 Å². The van der Waals surface area contributed by atoms with Crippen molar-refractivity contribution in [1.82, 2.24) is 10.2 Å². The van der Waals surface area contributed by atoms with Gasteiger partial charge < -0.3 is 15.0 Å². The zero-order chi connectivity index (χ0) is 15.8. The van der Waals surface area contributed by atoms with E-state index in [1.165, 1.54) is 0 Å². The van der Waals surface area contributed by atoms with E-state index >= 15 is 0 Å². The maximum Gasteiger partial charge on any atom is 0.260 e. The van der Waals surface area contributed by atoms with E-state index in [4.69, 9.17) is 4.74 Å². The Morgan fingerprint density at radius 3 is 2.52 bits per heavy atom. The van der Waals surface area contributed by atoms with Crippen LogP contribution in [-0.2, 0) is 4.79 Å². The normalized spacial score (nSPS) is 12.5. The molecule has 4 heteroatoms. The fraction of sp³-hybridized carbons (Fsp3) is 0.588. The minimum atomic E-state index is -0.482. The van der Waals surface area contributed by atoms with Crippen LogP contribution < -0.4 is 10.1 Å². The Balaban J connectivity index is 2.49. The van der Waals surface area contributed by atoms with Gasteiger partial charge in [0, 0.05) is 6.54 Å². The molecular formula is C17H28N2O2. The van der Waals surface area contributed by atoms with Crippen molar-refractivity contribution in [3.63, 3.8) is 0 Å². The number of para-hydroxylation sites is 1. The Hall–Kier alpha value is -1.55. The van der Waals surface area contributed by atoms with Crippen LogP contribution in [-0.4, -0.2) is 44.1 Å². The van der Waals surface area contributed by atoms with Crippen LogP contribution in [0.2, 0.25) is 0 Å². The van der Waals surface area contributed by atoms with Crippen molar-refractivity contribution in [2.45, 2.75) is 39.2 Å². The largest absolute Gasteiger partial charge is 0.481 e. The highest BCUT2D eigenvalue weighted by Crippen LogP contribution is 2.26. The van der Waals surface area contributed by atoms with Crippen molar-refractivity contribution >= 4 is 5.91 Å². The van der Waals surface area contributed by atoms with Gasteiger partial charge in [-0.25, -0.2) is 0 Å². The molecule has 1 rings (SSSR count). The molecule has 0 radical (unpaired) electrons. The van der Waals surface area contributed by atoms with E-state index in [-0.39, 0.29) is 5.91 Å². The first kappa shape index (κ1) is 17.5. The molecule has 4 nitrogen and oxygen atoms in total. The predicted molar refractivity (Wildman–Crippen MR) is 86.8 cm³/mol. The zero-order valence-electron chi connectivity index (χ0n) is 13.8. The third kappa shape index (κ3) is 6.17. The fourth-order valence-corrected chi connectivity index (χ4v) is 2.06. The number of carbonyl (C=O) groups excluding carboxylic acids is 1. The average Bonchev–Trinajstić information content (AvgIpc) is 2.43. The van der Waals surface area contributed by atoms with E-state index in [2.05, 4.69) is 24.1 Å². The molecule has 0 saturated heterocycles. The van der Waals surface area contributed by atoms with Crippen LogP contribution in [0.5, 0.6) is 5.75 Å². The average molecular weight is 292 g/mol. The van der Waals surface area contributed by atoms with Crippen LogP contribution in [0.3, 0.4) is 0 Å². The van der Waals surface area contributed by atoms with Crippen molar-refractivity contribution in [3.05, 3.63) is 29.8 Å². The van der Waals surface area contributed by atoms with Crippen molar-refractivity contribution in [2.24, 2.45) is 0 Å². The summed E-state index contributed by atoms with van der Waals surface area (Å²) in [7, 11) is 4.05. The Morgan fingerprint density at radius 2 is 1.90 bits per heavy atom. The standard InChI is InChI=1S/C17H28N2O2/c1-13(2)15-9-6-7-10-16(15)21-14(3)17(20)18-11-8-12-19(4)5/h6-7,9-10,13-14H,8,11-12H2,1-5H3,(H,18,20). The minimum absolute atomic E-state index is 0.0627. The molecule has 1 aromatic carbocycles. The SMILES string of the molecule is CC(Oc1ccccc1C(C)C)C(=O)NCCCN(C)C. The van der Waals surface area contributed by atoms with Crippen LogP contribution in [0.15, 0.2) is 24.3 Å². The molecule has 1 amide bonds. The monoisotopic (exact) mass is 292 g/mol. The van der Waals surface area contributed by atoms with E-state index in [0.29, 0.717) is 12.5 Å². The summed E-state index contributed by atoms with van der Waals surface area (Å²) in [5.74, 6) is 1.10. The quantitative estimate of drug-likeness (QED) is 0.749. The molecule has 1 N–H and O–H groups in total. The number of nitrogens with one attached hydrogen (secondary N) is 1. The van der Waals surface area contributed by atoms with Gasteiger partial charge in [-0.1, -0.05) is 32.0 Å². The van der Waals surface area contributed by atoms with E-state index in [1.807, 2.05) is 38.4 Å². The highest BCUT2D eigenvalue weighted by Gasteiger charge is 2.16. The summed E-state index contributed by atoms with van der Waals surface area (Å²) in [6.45, 7) is 7.67. The van der Waals surface area contributed by atoms with Gasteiger partial charge in [0.15, 0.2) is 6.10 Å². The molecule has 1 aromatic rings. The summed E-state index contributed by atoms with van der Waals surface area (Å²) in [6, 6.07) is 7.89. The molecule has 1 atom stereocenters. The van der Waals surface area contributed by atoms with E-state index in [0.717, 1.165) is 24.3 Å². The highest BCUT2D eigenvalue weighted by atomic mass is 16.5. The molecule has 0 bridgehead atoms. The molecule has 21 heavy (non-hydrogen) atoms. The molecule has 0 saturated carbocycles. The summed E-state index contributed by atoms with van der Waals surface area (Å²) in [6.07, 6.45) is 0.456. The number of ether oxygens (including phenoxy) is 1. The molecule has 0 fully saturated rings. The van der Waals surface area contributed by atoms with Crippen molar-refractivity contribution in [2.75, 3.05) is 27.2 Å². The van der Waals surface area contributed by atoms with Crippen LogP contribution in [0.1, 0.15) is 38.7 Å². The number of rotatable bonds is 8. The summed E-state index contributed by atoms with van der Waals surface area (Å²) < 4.78 is 5.82. The lowest BCUT2D eigenvalue weighted by Crippen LogP contribution is -2.37. The van der Waals surface area contributed by atoms with Gasteiger partial charge in [0.1, 0.15) is 5.75 Å². The second kappa shape index (κ2) is 8.67. The first-order valence-corrected chi connectivity index (χ1v) is 7.59. The smallest absolute Gasteiger partial charge is 0.260 e. The predicted octanol–water partition coefficient (Wildman–Crippen LogP) is 2.65. The van der Waals surface area contributed by atoms with Gasteiger partial charge in [0.25, 0.3) is 5.91 Å². The van der Waals surface area contributed by atoms with Gasteiger partial charge in [0.2, 0.25) is 0 Å². The molecule has 1 unspecified atom stereocenters. The molecule has 118 valence electrons. The zero-order valence-corrected chi connectivity index (χ0v) is 13.8. The van der Waals surface area contributed by atoms with Crippen molar-refractivity contribution in [1.29, 1.82) is 0 Å². The second-order valence-electron chi connectivity index (χ2n) is 5.90. The summed E-state index contributed by atoms with van der Waals surface area (Å²) >= 11 is 0. The lowest BCUT2D eigenvalue weighted by Gasteiger charge is -2.19. The van der Waals surface area contributed by atoms with Gasteiger partial charge in [-0.3, -0.25) is 4.79 Å². The minimum Gasteiger partial charge on any atom is -0.481 e. The number of hydrogen-bond acceptors (Lipinski definition) is 3. The number of benzene rings is 1. The number of carbonyl (C=O) groups is 1. The van der Waals surface area contributed by atoms with Gasteiger partial charge in [0.05, 0.1) is 0 Å². The molecule has 0 heterocycles. The van der Waals surface area contributed by atoms with E-state index in [1.54, 1.807) is 6.92 Å². The molecule has 0 aliphatic carbocycles. The summed E-state index contributed by atoms with van der Waals surface area (Å²) in [5, 5.41) is 2.92. The molecular weight excluding hydrogens is 264 g/mol. The first-order chi connectivity index (χ1) is 9.91. The molecule has 0 spiro atoms. The lowest BCUT2D eigenvalue weighted by atomic mass is 10.0. The van der Waals surface area contributed by atoms with Gasteiger partial charge >= 0.3 is 0 Å². The molecule has 0 aromatic heterocycles. The Morgan fingerprint density at radius 1 is 1.24 bits per heavy atom.